The zero-order valence-electron chi connectivity index (χ0n) is 5.41. The van der Waals surface area contributed by atoms with Crippen LogP contribution in [-0.4, -0.2) is 10.1 Å². The van der Waals surface area contributed by atoms with Crippen LogP contribution in [0.25, 0.3) is 5.76 Å². The average Bonchev–Trinajstić information content (AvgIpc) is 2.34. The minimum Gasteiger partial charge on any atom is -0.508 e. The quantitative estimate of drug-likeness (QED) is 0.582. The summed E-state index contributed by atoms with van der Waals surface area (Å²) in [6, 6.07) is 1.93. The number of rotatable bonds is 0. The Labute approximate surface area is 58.8 Å². The Balaban J connectivity index is 2.61. The molecule has 2 rings (SSSR count). The second-order valence-corrected chi connectivity index (χ2v) is 2.33. The molecule has 2 heteroatoms. The van der Waals surface area contributed by atoms with Crippen LogP contribution in [0, 0.1) is 0 Å². The minimum atomic E-state index is 0.364. The van der Waals surface area contributed by atoms with Crippen molar-refractivity contribution in [3.63, 3.8) is 0 Å². The molecule has 1 aliphatic rings. The van der Waals surface area contributed by atoms with Crippen molar-refractivity contribution in [1.82, 2.24) is 4.98 Å². The van der Waals surface area contributed by atoms with Crippen molar-refractivity contribution in [3.8, 4) is 0 Å². The van der Waals surface area contributed by atoms with Crippen LogP contribution < -0.4 is 0 Å². The number of aliphatic hydroxyl groups is 1. The van der Waals surface area contributed by atoms with Crippen LogP contribution in [0.2, 0.25) is 0 Å². The summed E-state index contributed by atoms with van der Waals surface area (Å²) in [6.07, 6.45) is 6.06. The molecule has 0 atom stereocenters. The van der Waals surface area contributed by atoms with Gasteiger partial charge in [-0.15, -0.1) is 0 Å². The van der Waals surface area contributed by atoms with Crippen LogP contribution in [0.15, 0.2) is 24.5 Å². The molecule has 0 amide bonds. The van der Waals surface area contributed by atoms with E-state index in [4.69, 9.17) is 0 Å². The number of hydrogen-bond donors (Lipinski definition) is 1. The molecule has 1 heterocycles. The molecule has 1 N–H and O–H groups in total. The molecular weight excluding hydrogens is 126 g/mol. The first-order valence-corrected chi connectivity index (χ1v) is 3.20. The van der Waals surface area contributed by atoms with Crippen molar-refractivity contribution in [1.29, 1.82) is 0 Å². The van der Waals surface area contributed by atoms with Crippen LogP contribution >= 0.6 is 0 Å². The summed E-state index contributed by atoms with van der Waals surface area (Å²) in [5, 5.41) is 9.20. The van der Waals surface area contributed by atoms with E-state index in [1.54, 1.807) is 18.5 Å². The molecule has 0 aliphatic heterocycles. The largest absolute Gasteiger partial charge is 0.508 e. The van der Waals surface area contributed by atoms with Crippen LogP contribution in [0.4, 0.5) is 0 Å². The van der Waals surface area contributed by atoms with E-state index < -0.39 is 0 Å². The molecule has 1 aromatic rings. The van der Waals surface area contributed by atoms with Crippen LogP contribution in [0.3, 0.4) is 0 Å². The van der Waals surface area contributed by atoms with Gasteiger partial charge in [-0.3, -0.25) is 4.98 Å². The summed E-state index contributed by atoms with van der Waals surface area (Å²) in [5.74, 6) is 0.364. The van der Waals surface area contributed by atoms with E-state index in [9.17, 15) is 5.11 Å². The lowest BCUT2D eigenvalue weighted by Crippen LogP contribution is -1.84. The Hall–Kier alpha value is -1.31. The maximum Gasteiger partial charge on any atom is 0.120 e. The fourth-order valence-electron chi connectivity index (χ4n) is 1.15. The normalized spacial score (nSPS) is 14.6. The lowest BCUT2D eigenvalue weighted by atomic mass is 10.2. The highest BCUT2D eigenvalue weighted by molar-refractivity contribution is 5.65. The molecule has 0 fully saturated rings. The molecule has 10 heavy (non-hydrogen) atoms. The Morgan fingerprint density at radius 1 is 1.50 bits per heavy atom. The van der Waals surface area contributed by atoms with E-state index in [1.165, 1.54) is 0 Å². The predicted octanol–water partition coefficient (Wildman–Crippen LogP) is 1.54. The third kappa shape index (κ3) is 0.620. The second kappa shape index (κ2) is 1.84. The third-order valence-corrected chi connectivity index (χ3v) is 1.70. The average molecular weight is 133 g/mol. The Morgan fingerprint density at radius 3 is 3.20 bits per heavy atom. The Bertz CT molecular complexity index is 291. The Morgan fingerprint density at radius 2 is 2.40 bits per heavy atom. The lowest BCUT2D eigenvalue weighted by molar-refractivity contribution is 0.513. The van der Waals surface area contributed by atoms with Gasteiger partial charge >= 0.3 is 0 Å². The molecule has 0 saturated heterocycles. The van der Waals surface area contributed by atoms with Gasteiger partial charge in [-0.25, -0.2) is 0 Å². The van der Waals surface area contributed by atoms with Crippen LogP contribution in [0.5, 0.6) is 0 Å². The highest BCUT2D eigenvalue weighted by atomic mass is 16.3. The summed E-state index contributed by atoms with van der Waals surface area (Å²) in [4.78, 5) is 3.91. The van der Waals surface area contributed by atoms with E-state index in [0.29, 0.717) is 5.76 Å². The van der Waals surface area contributed by atoms with Gasteiger partial charge in [0.1, 0.15) is 5.76 Å². The SMILES string of the molecule is OC1=CCc2ccncc21. The van der Waals surface area contributed by atoms with Gasteiger partial charge in [0.05, 0.1) is 0 Å². The predicted molar refractivity (Wildman–Crippen MR) is 38.5 cm³/mol. The van der Waals surface area contributed by atoms with E-state index in [2.05, 4.69) is 4.98 Å². The first kappa shape index (κ1) is 5.47. The van der Waals surface area contributed by atoms with Crippen molar-refractivity contribution in [3.05, 3.63) is 35.7 Å². The molecule has 1 aromatic heterocycles. The molecular formula is C8H7NO. The van der Waals surface area contributed by atoms with E-state index in [0.717, 1.165) is 17.5 Å². The van der Waals surface area contributed by atoms with Gasteiger partial charge in [0, 0.05) is 18.0 Å². The summed E-state index contributed by atoms with van der Waals surface area (Å²) < 4.78 is 0. The van der Waals surface area contributed by atoms with Crippen molar-refractivity contribution in [2.45, 2.75) is 6.42 Å². The number of hydrogen-bond acceptors (Lipinski definition) is 2. The van der Waals surface area contributed by atoms with Crippen molar-refractivity contribution in [2.75, 3.05) is 0 Å². The molecule has 1 aliphatic carbocycles. The zero-order chi connectivity index (χ0) is 6.97. The van der Waals surface area contributed by atoms with Gasteiger partial charge in [-0.05, 0) is 24.1 Å². The molecule has 2 nitrogen and oxygen atoms in total. The van der Waals surface area contributed by atoms with E-state index >= 15 is 0 Å². The monoisotopic (exact) mass is 133 g/mol. The van der Waals surface area contributed by atoms with E-state index in [1.807, 2.05) is 6.07 Å². The van der Waals surface area contributed by atoms with Crippen molar-refractivity contribution >= 4 is 5.76 Å². The molecule has 0 aromatic carbocycles. The van der Waals surface area contributed by atoms with Crippen molar-refractivity contribution in [2.24, 2.45) is 0 Å². The van der Waals surface area contributed by atoms with Gasteiger partial charge in [0.2, 0.25) is 0 Å². The molecule has 50 valence electrons. The highest BCUT2D eigenvalue weighted by Gasteiger charge is 2.10. The summed E-state index contributed by atoms with van der Waals surface area (Å²) in [6.45, 7) is 0. The second-order valence-electron chi connectivity index (χ2n) is 2.33. The Kier molecular flexibility index (Phi) is 1.01. The van der Waals surface area contributed by atoms with Gasteiger partial charge < -0.3 is 5.11 Å². The highest BCUT2D eigenvalue weighted by Crippen LogP contribution is 2.23. The minimum absolute atomic E-state index is 0.364. The maximum absolute atomic E-state index is 9.20. The molecule has 0 unspecified atom stereocenters. The molecule has 0 spiro atoms. The first-order valence-electron chi connectivity index (χ1n) is 3.20. The smallest absolute Gasteiger partial charge is 0.120 e. The molecule has 0 radical (unpaired) electrons. The standard InChI is InChI=1S/C8H7NO/c10-8-2-1-6-3-4-9-5-7(6)8/h2-5,10H,1H2. The maximum atomic E-state index is 9.20. The number of allylic oxidation sites excluding steroid dienone is 1. The fourth-order valence-corrected chi connectivity index (χ4v) is 1.15. The van der Waals surface area contributed by atoms with Gasteiger partial charge in [-0.1, -0.05) is 0 Å². The van der Waals surface area contributed by atoms with Crippen LogP contribution in [-0.2, 0) is 6.42 Å². The summed E-state index contributed by atoms with van der Waals surface area (Å²) in [7, 11) is 0. The van der Waals surface area contributed by atoms with Gasteiger partial charge in [0.15, 0.2) is 0 Å². The number of aliphatic hydroxyl groups excluding tert-OH is 1. The zero-order valence-corrected chi connectivity index (χ0v) is 5.41. The van der Waals surface area contributed by atoms with Gasteiger partial charge in [-0.2, -0.15) is 0 Å². The third-order valence-electron chi connectivity index (χ3n) is 1.70. The topological polar surface area (TPSA) is 33.1 Å². The van der Waals surface area contributed by atoms with Crippen LogP contribution in [0.1, 0.15) is 11.1 Å². The lowest BCUT2D eigenvalue weighted by Gasteiger charge is -1.95. The van der Waals surface area contributed by atoms with Gasteiger partial charge in [0.25, 0.3) is 0 Å². The fraction of sp³-hybridized carbons (Fsp3) is 0.125. The molecule has 0 saturated carbocycles. The number of aromatic nitrogens is 1. The van der Waals surface area contributed by atoms with E-state index in [-0.39, 0.29) is 0 Å². The van der Waals surface area contributed by atoms with Crippen molar-refractivity contribution < 1.29 is 5.11 Å². The first-order chi connectivity index (χ1) is 4.88. The number of fused-ring (bicyclic) bond motifs is 1. The number of nitrogens with zero attached hydrogens (tertiary/aromatic N) is 1. The summed E-state index contributed by atoms with van der Waals surface area (Å²) in [5.41, 5.74) is 2.04. The summed E-state index contributed by atoms with van der Waals surface area (Å²) >= 11 is 0. The number of pyridine rings is 1. The molecule has 0 bridgehead atoms.